The standard InChI is InChI=1S/C20H25N3O4/c1-4-22(5-2)19(15-9-7-6-8-10-15)14-21-20(24)17-13-16(27-3)11-12-18(17)23(25)26/h6-13,19H,4-5,14H2,1-3H3,(H,21,24). The van der Waals surface area contributed by atoms with Gasteiger partial charge in [-0.1, -0.05) is 44.2 Å². The van der Waals surface area contributed by atoms with Crippen LogP contribution in [0.2, 0.25) is 0 Å². The molecule has 0 saturated heterocycles. The number of carbonyl (C=O) groups excluding carboxylic acids is 1. The molecular weight excluding hydrogens is 346 g/mol. The number of methoxy groups -OCH3 is 1. The first-order valence-corrected chi connectivity index (χ1v) is 8.91. The van der Waals surface area contributed by atoms with Gasteiger partial charge in [-0.3, -0.25) is 19.8 Å². The predicted molar refractivity (Wildman–Crippen MR) is 104 cm³/mol. The fourth-order valence-electron chi connectivity index (χ4n) is 3.07. The molecule has 1 N–H and O–H groups in total. The molecule has 0 aliphatic carbocycles. The second-order valence-electron chi connectivity index (χ2n) is 6.00. The minimum absolute atomic E-state index is 0.00860. The molecule has 27 heavy (non-hydrogen) atoms. The third-order valence-electron chi connectivity index (χ3n) is 4.54. The molecule has 2 aromatic carbocycles. The number of nitrogens with one attached hydrogen (secondary N) is 1. The van der Waals surface area contributed by atoms with E-state index in [1.807, 2.05) is 30.3 Å². The first-order chi connectivity index (χ1) is 13.0. The molecule has 0 aromatic heterocycles. The molecule has 144 valence electrons. The summed E-state index contributed by atoms with van der Waals surface area (Å²) in [5.74, 6) is -0.0946. The number of nitrogens with zero attached hydrogens (tertiary/aromatic N) is 2. The molecule has 1 atom stereocenters. The molecule has 0 bridgehead atoms. The van der Waals surface area contributed by atoms with E-state index >= 15 is 0 Å². The first kappa shape index (κ1) is 20.4. The van der Waals surface area contributed by atoms with Crippen molar-refractivity contribution < 1.29 is 14.5 Å². The number of ether oxygens (including phenoxy) is 1. The van der Waals surface area contributed by atoms with E-state index in [1.54, 1.807) is 0 Å². The van der Waals surface area contributed by atoms with Crippen molar-refractivity contribution in [1.82, 2.24) is 10.2 Å². The van der Waals surface area contributed by atoms with Crippen LogP contribution in [0.15, 0.2) is 48.5 Å². The fourth-order valence-corrected chi connectivity index (χ4v) is 3.07. The Kier molecular flexibility index (Phi) is 7.31. The Hall–Kier alpha value is -2.93. The molecule has 0 radical (unpaired) electrons. The van der Waals surface area contributed by atoms with Gasteiger partial charge in [0.25, 0.3) is 11.6 Å². The van der Waals surface area contributed by atoms with Crippen LogP contribution in [0.1, 0.15) is 35.8 Å². The summed E-state index contributed by atoms with van der Waals surface area (Å²) in [6.07, 6.45) is 0. The van der Waals surface area contributed by atoms with E-state index in [-0.39, 0.29) is 17.3 Å². The lowest BCUT2D eigenvalue weighted by atomic mass is 10.0. The molecule has 0 aliphatic heterocycles. The second kappa shape index (κ2) is 9.68. The van der Waals surface area contributed by atoms with Crippen molar-refractivity contribution in [2.75, 3.05) is 26.7 Å². The van der Waals surface area contributed by atoms with E-state index in [4.69, 9.17) is 4.74 Å². The largest absolute Gasteiger partial charge is 0.497 e. The SMILES string of the molecule is CCN(CC)C(CNC(=O)c1cc(OC)ccc1[N+](=O)[O-])c1ccccc1. The quantitative estimate of drug-likeness (QED) is 0.539. The Bertz CT molecular complexity index is 776. The third kappa shape index (κ3) is 5.04. The number of likely N-dealkylation sites (N-methyl/N-ethyl adjacent to an activating group) is 1. The summed E-state index contributed by atoms with van der Waals surface area (Å²) >= 11 is 0. The Morgan fingerprint density at radius 2 is 1.85 bits per heavy atom. The number of rotatable bonds is 9. The van der Waals surface area contributed by atoms with E-state index in [1.165, 1.54) is 25.3 Å². The van der Waals surface area contributed by atoms with Crippen LogP contribution in [0.5, 0.6) is 5.75 Å². The highest BCUT2D eigenvalue weighted by Crippen LogP contribution is 2.25. The van der Waals surface area contributed by atoms with E-state index in [0.29, 0.717) is 12.3 Å². The molecule has 7 heteroatoms. The Labute approximate surface area is 159 Å². The highest BCUT2D eigenvalue weighted by atomic mass is 16.6. The first-order valence-electron chi connectivity index (χ1n) is 8.91. The van der Waals surface area contributed by atoms with Crippen LogP contribution < -0.4 is 10.1 Å². The number of benzene rings is 2. The van der Waals surface area contributed by atoms with Crippen molar-refractivity contribution in [2.45, 2.75) is 19.9 Å². The molecule has 1 unspecified atom stereocenters. The summed E-state index contributed by atoms with van der Waals surface area (Å²) in [6.45, 7) is 6.12. The Morgan fingerprint density at radius 1 is 1.19 bits per heavy atom. The van der Waals surface area contributed by atoms with Gasteiger partial charge in [-0.2, -0.15) is 0 Å². The van der Waals surface area contributed by atoms with Crippen molar-refractivity contribution in [3.63, 3.8) is 0 Å². The van der Waals surface area contributed by atoms with Gasteiger partial charge in [0.15, 0.2) is 0 Å². The molecule has 0 spiro atoms. The molecule has 2 rings (SSSR count). The van der Waals surface area contributed by atoms with E-state index in [0.717, 1.165) is 18.7 Å². The lowest BCUT2D eigenvalue weighted by Gasteiger charge is -2.30. The van der Waals surface area contributed by atoms with Gasteiger partial charge in [0.2, 0.25) is 0 Å². The average molecular weight is 371 g/mol. The molecule has 0 aliphatic rings. The monoisotopic (exact) mass is 371 g/mol. The minimum atomic E-state index is -0.562. The molecule has 0 saturated carbocycles. The molecule has 0 heterocycles. The number of amides is 1. The topological polar surface area (TPSA) is 84.7 Å². The number of hydrogen-bond donors (Lipinski definition) is 1. The Morgan fingerprint density at radius 3 is 2.41 bits per heavy atom. The van der Waals surface area contributed by atoms with Crippen LogP contribution in [0, 0.1) is 10.1 Å². The van der Waals surface area contributed by atoms with Crippen LogP contribution in [0.25, 0.3) is 0 Å². The van der Waals surface area contributed by atoms with Crippen molar-refractivity contribution in [1.29, 1.82) is 0 Å². The molecule has 1 amide bonds. The van der Waals surface area contributed by atoms with Crippen LogP contribution in [0.4, 0.5) is 5.69 Å². The van der Waals surface area contributed by atoms with Crippen LogP contribution in [-0.2, 0) is 0 Å². The zero-order valence-electron chi connectivity index (χ0n) is 15.8. The maximum absolute atomic E-state index is 12.7. The summed E-state index contributed by atoms with van der Waals surface area (Å²) in [4.78, 5) is 25.6. The molecule has 0 fully saturated rings. The highest BCUT2D eigenvalue weighted by Gasteiger charge is 2.23. The number of hydrogen-bond acceptors (Lipinski definition) is 5. The van der Waals surface area contributed by atoms with E-state index < -0.39 is 10.8 Å². The molecule has 7 nitrogen and oxygen atoms in total. The van der Waals surface area contributed by atoms with E-state index in [9.17, 15) is 14.9 Å². The molecular formula is C20H25N3O4. The van der Waals surface area contributed by atoms with Crippen LogP contribution in [-0.4, -0.2) is 42.5 Å². The lowest BCUT2D eigenvalue weighted by Crippen LogP contribution is -2.38. The average Bonchev–Trinajstić information content (AvgIpc) is 2.70. The highest BCUT2D eigenvalue weighted by molar-refractivity contribution is 5.98. The molecule has 2 aromatic rings. The van der Waals surface area contributed by atoms with Gasteiger partial charge in [0.05, 0.1) is 18.1 Å². The van der Waals surface area contributed by atoms with Gasteiger partial charge < -0.3 is 10.1 Å². The van der Waals surface area contributed by atoms with E-state index in [2.05, 4.69) is 24.1 Å². The maximum Gasteiger partial charge on any atom is 0.282 e. The number of nitro benzene ring substituents is 1. The summed E-state index contributed by atoms with van der Waals surface area (Å²) in [5.41, 5.74) is 0.833. The summed E-state index contributed by atoms with van der Waals surface area (Å²) in [5, 5.41) is 14.1. The zero-order chi connectivity index (χ0) is 19.8. The smallest absolute Gasteiger partial charge is 0.282 e. The third-order valence-corrected chi connectivity index (χ3v) is 4.54. The van der Waals surface area contributed by atoms with Gasteiger partial charge in [0.1, 0.15) is 11.3 Å². The normalized spacial score (nSPS) is 11.9. The lowest BCUT2D eigenvalue weighted by molar-refractivity contribution is -0.385. The summed E-state index contributed by atoms with van der Waals surface area (Å²) in [7, 11) is 1.45. The fraction of sp³-hybridized carbons (Fsp3) is 0.350. The van der Waals surface area contributed by atoms with Crippen molar-refractivity contribution in [2.24, 2.45) is 0 Å². The van der Waals surface area contributed by atoms with Gasteiger partial charge in [0, 0.05) is 12.6 Å². The van der Waals surface area contributed by atoms with Gasteiger partial charge in [-0.25, -0.2) is 0 Å². The van der Waals surface area contributed by atoms with Gasteiger partial charge in [-0.15, -0.1) is 0 Å². The zero-order valence-corrected chi connectivity index (χ0v) is 15.8. The second-order valence-corrected chi connectivity index (χ2v) is 6.00. The van der Waals surface area contributed by atoms with Crippen LogP contribution in [0.3, 0.4) is 0 Å². The number of carbonyl (C=O) groups is 1. The summed E-state index contributed by atoms with van der Waals surface area (Å²) < 4.78 is 5.10. The van der Waals surface area contributed by atoms with Crippen molar-refractivity contribution in [3.05, 3.63) is 69.8 Å². The minimum Gasteiger partial charge on any atom is -0.497 e. The maximum atomic E-state index is 12.7. The van der Waals surface area contributed by atoms with Gasteiger partial charge in [-0.05, 0) is 30.8 Å². The Balaban J connectivity index is 2.24. The number of nitro groups is 1. The van der Waals surface area contributed by atoms with Crippen molar-refractivity contribution in [3.8, 4) is 5.75 Å². The van der Waals surface area contributed by atoms with Gasteiger partial charge >= 0.3 is 0 Å². The predicted octanol–water partition coefficient (Wildman–Crippen LogP) is 3.42. The summed E-state index contributed by atoms with van der Waals surface area (Å²) in [6, 6.07) is 14.0. The van der Waals surface area contributed by atoms with Crippen molar-refractivity contribution >= 4 is 11.6 Å². The van der Waals surface area contributed by atoms with Crippen LogP contribution >= 0.6 is 0 Å².